The van der Waals surface area contributed by atoms with E-state index in [4.69, 9.17) is 9.47 Å². The Bertz CT molecular complexity index is 432. The lowest BCUT2D eigenvalue weighted by Gasteiger charge is -2.41. The van der Waals surface area contributed by atoms with E-state index in [1.54, 1.807) is 7.11 Å². The third-order valence-electron chi connectivity index (χ3n) is 3.97. The molecular weight excluding hydrogens is 272 g/mol. The summed E-state index contributed by atoms with van der Waals surface area (Å²) in [5.41, 5.74) is 1.80. The molecule has 1 aromatic rings. The van der Waals surface area contributed by atoms with Crippen LogP contribution in [0.25, 0.3) is 0 Å². The molecule has 0 amide bonds. The van der Waals surface area contributed by atoms with E-state index in [1.165, 1.54) is 5.56 Å². The van der Waals surface area contributed by atoms with Crippen molar-refractivity contribution in [1.82, 2.24) is 0 Å². The van der Waals surface area contributed by atoms with Crippen molar-refractivity contribution in [3.63, 3.8) is 0 Å². The lowest BCUT2D eigenvalue weighted by Crippen LogP contribution is -2.30. The fourth-order valence-corrected chi connectivity index (χ4v) is 3.63. The average Bonchev–Trinajstić information content (AvgIpc) is 2.34. The van der Waals surface area contributed by atoms with Crippen LogP contribution in [0.3, 0.4) is 0 Å². The van der Waals surface area contributed by atoms with Crippen LogP contribution in [-0.4, -0.2) is 13.4 Å². The van der Waals surface area contributed by atoms with Gasteiger partial charge in [0.1, 0.15) is 5.75 Å². The van der Waals surface area contributed by atoms with Crippen molar-refractivity contribution in [2.75, 3.05) is 7.11 Å². The van der Waals surface area contributed by atoms with Crippen molar-refractivity contribution < 1.29 is 9.47 Å². The Labute approximate surface area is 137 Å². The third-order valence-corrected chi connectivity index (χ3v) is 3.97. The van der Waals surface area contributed by atoms with Crippen molar-refractivity contribution in [1.29, 1.82) is 0 Å². The molecule has 1 rings (SSSR count). The number of benzene rings is 1. The van der Waals surface area contributed by atoms with Gasteiger partial charge in [-0.1, -0.05) is 67.5 Å². The predicted octanol–water partition coefficient (Wildman–Crippen LogP) is 5.87. The summed E-state index contributed by atoms with van der Waals surface area (Å²) in [6, 6.07) is 8.52. The SMILES string of the molecule is COC(Oc1ccc(C(C(C)(C)C)C(C)(C)C)cc1)C(C)C. The molecule has 0 radical (unpaired) electrons. The average molecular weight is 306 g/mol. The number of hydrogen-bond acceptors (Lipinski definition) is 2. The van der Waals surface area contributed by atoms with Gasteiger partial charge >= 0.3 is 0 Å². The van der Waals surface area contributed by atoms with Crippen LogP contribution in [0.4, 0.5) is 0 Å². The minimum absolute atomic E-state index is 0.202. The number of hydrogen-bond donors (Lipinski definition) is 0. The lowest BCUT2D eigenvalue weighted by atomic mass is 9.64. The Balaban J connectivity index is 3.00. The summed E-state index contributed by atoms with van der Waals surface area (Å²) in [6.45, 7) is 18.1. The zero-order valence-electron chi connectivity index (χ0n) is 15.9. The smallest absolute Gasteiger partial charge is 0.201 e. The molecule has 0 spiro atoms. The number of rotatable bonds is 5. The summed E-state index contributed by atoms with van der Waals surface area (Å²) < 4.78 is 11.3. The normalized spacial score (nSPS) is 14.5. The monoisotopic (exact) mass is 306 g/mol. The highest BCUT2D eigenvalue weighted by molar-refractivity contribution is 5.31. The largest absolute Gasteiger partial charge is 0.465 e. The minimum atomic E-state index is -0.202. The van der Waals surface area contributed by atoms with Gasteiger partial charge in [-0.3, -0.25) is 0 Å². The van der Waals surface area contributed by atoms with Gasteiger partial charge in [0, 0.05) is 13.0 Å². The second-order valence-electron chi connectivity index (χ2n) is 8.70. The topological polar surface area (TPSA) is 18.5 Å². The van der Waals surface area contributed by atoms with Gasteiger partial charge in [-0.05, 0) is 34.4 Å². The quantitative estimate of drug-likeness (QED) is 0.633. The summed E-state index contributed by atoms with van der Waals surface area (Å²) in [4.78, 5) is 0. The molecule has 2 nitrogen and oxygen atoms in total. The molecule has 1 atom stereocenters. The zero-order valence-corrected chi connectivity index (χ0v) is 15.9. The van der Waals surface area contributed by atoms with Crippen LogP contribution < -0.4 is 4.74 Å². The summed E-state index contributed by atoms with van der Waals surface area (Å²) in [6.07, 6.45) is -0.202. The van der Waals surface area contributed by atoms with Crippen LogP contribution >= 0.6 is 0 Å². The van der Waals surface area contributed by atoms with Gasteiger partial charge in [0.05, 0.1) is 0 Å². The first-order valence-electron chi connectivity index (χ1n) is 8.26. The van der Waals surface area contributed by atoms with Crippen molar-refractivity contribution in [3.8, 4) is 5.75 Å². The molecule has 0 bridgehead atoms. The first-order valence-corrected chi connectivity index (χ1v) is 8.26. The van der Waals surface area contributed by atoms with E-state index < -0.39 is 0 Å². The molecule has 0 heterocycles. The molecule has 1 unspecified atom stereocenters. The second-order valence-corrected chi connectivity index (χ2v) is 8.70. The van der Waals surface area contributed by atoms with Gasteiger partial charge in [0.2, 0.25) is 6.29 Å². The van der Waals surface area contributed by atoms with Gasteiger partial charge in [0.25, 0.3) is 0 Å². The first kappa shape index (κ1) is 19.0. The van der Waals surface area contributed by atoms with Gasteiger partial charge in [-0.25, -0.2) is 0 Å². The molecular formula is C20H34O2. The molecule has 0 aliphatic heterocycles. The zero-order chi connectivity index (χ0) is 17.1. The molecule has 0 aromatic heterocycles. The van der Waals surface area contributed by atoms with Crippen LogP contribution in [0.2, 0.25) is 0 Å². The highest BCUT2D eigenvalue weighted by Gasteiger charge is 2.35. The van der Waals surface area contributed by atoms with E-state index in [0.717, 1.165) is 5.75 Å². The van der Waals surface area contributed by atoms with Crippen molar-refractivity contribution in [2.24, 2.45) is 16.7 Å². The summed E-state index contributed by atoms with van der Waals surface area (Å²) in [5.74, 6) is 1.67. The van der Waals surface area contributed by atoms with E-state index >= 15 is 0 Å². The maximum atomic E-state index is 5.91. The Morgan fingerprint density at radius 2 is 1.27 bits per heavy atom. The molecule has 1 aromatic carbocycles. The molecule has 22 heavy (non-hydrogen) atoms. The summed E-state index contributed by atoms with van der Waals surface area (Å²) in [7, 11) is 1.69. The van der Waals surface area contributed by atoms with Crippen LogP contribution in [0, 0.1) is 16.7 Å². The van der Waals surface area contributed by atoms with E-state index in [9.17, 15) is 0 Å². The molecule has 0 aliphatic carbocycles. The van der Waals surface area contributed by atoms with Gasteiger partial charge in [-0.15, -0.1) is 0 Å². The highest BCUT2D eigenvalue weighted by Crippen LogP contribution is 2.47. The van der Waals surface area contributed by atoms with Crippen LogP contribution in [0.1, 0.15) is 66.9 Å². The molecule has 0 aliphatic rings. The molecule has 0 fully saturated rings. The maximum Gasteiger partial charge on any atom is 0.201 e. The van der Waals surface area contributed by atoms with Crippen LogP contribution in [0.15, 0.2) is 24.3 Å². The van der Waals surface area contributed by atoms with Gasteiger partial charge in [0.15, 0.2) is 0 Å². The standard InChI is InChI=1S/C20H34O2/c1-14(2)18(21-9)22-16-12-10-15(11-13-16)17(19(3,4)5)20(6,7)8/h10-14,17-18H,1-9H3. The predicted molar refractivity (Wildman–Crippen MR) is 94.4 cm³/mol. The van der Waals surface area contributed by atoms with Gasteiger partial charge in [-0.2, -0.15) is 0 Å². The highest BCUT2D eigenvalue weighted by atomic mass is 16.7. The number of ether oxygens (including phenoxy) is 2. The van der Waals surface area contributed by atoms with E-state index in [0.29, 0.717) is 11.8 Å². The summed E-state index contributed by atoms with van der Waals surface area (Å²) >= 11 is 0. The van der Waals surface area contributed by atoms with Crippen LogP contribution in [0.5, 0.6) is 5.75 Å². The van der Waals surface area contributed by atoms with E-state index in [-0.39, 0.29) is 17.1 Å². The lowest BCUT2D eigenvalue weighted by molar-refractivity contribution is -0.0834. The molecule has 0 saturated carbocycles. The fraction of sp³-hybridized carbons (Fsp3) is 0.700. The Hall–Kier alpha value is -1.02. The van der Waals surface area contributed by atoms with Gasteiger partial charge < -0.3 is 9.47 Å². The minimum Gasteiger partial charge on any atom is -0.465 e. The molecule has 0 saturated heterocycles. The van der Waals surface area contributed by atoms with Crippen molar-refractivity contribution in [3.05, 3.63) is 29.8 Å². The fourth-order valence-electron chi connectivity index (χ4n) is 3.63. The first-order chi connectivity index (χ1) is 9.96. The van der Waals surface area contributed by atoms with Crippen molar-refractivity contribution >= 4 is 0 Å². The third kappa shape index (κ3) is 5.01. The molecule has 126 valence electrons. The maximum absolute atomic E-state index is 5.91. The Kier molecular flexibility index (Phi) is 6.09. The van der Waals surface area contributed by atoms with E-state index in [2.05, 4.69) is 79.7 Å². The number of methoxy groups -OCH3 is 1. The van der Waals surface area contributed by atoms with E-state index in [1.807, 2.05) is 0 Å². The summed E-state index contributed by atoms with van der Waals surface area (Å²) in [5, 5.41) is 0. The molecule has 2 heteroatoms. The Morgan fingerprint density at radius 1 is 0.818 bits per heavy atom. The van der Waals surface area contributed by atoms with Crippen molar-refractivity contribution in [2.45, 2.75) is 67.6 Å². The second kappa shape index (κ2) is 7.04. The van der Waals surface area contributed by atoms with Crippen LogP contribution in [-0.2, 0) is 4.74 Å². The Morgan fingerprint density at radius 3 is 1.59 bits per heavy atom. The molecule has 0 N–H and O–H groups in total.